The molecule has 0 atom stereocenters. The number of nitrogens with zero attached hydrogens (tertiary/aromatic N) is 1. The highest BCUT2D eigenvalue weighted by Crippen LogP contribution is 2.23. The SMILES string of the molecule is O=C(CCc1ccc(S(=O)(=O)NC2CC2)cc1)NCCNc1ncc(Cl)cc1Cl. The van der Waals surface area contributed by atoms with Crippen LogP contribution in [0.25, 0.3) is 0 Å². The Morgan fingerprint density at radius 1 is 1.14 bits per heavy atom. The van der Waals surface area contributed by atoms with E-state index >= 15 is 0 Å². The zero-order valence-corrected chi connectivity index (χ0v) is 17.9. The minimum Gasteiger partial charge on any atom is -0.367 e. The number of aromatic nitrogens is 1. The van der Waals surface area contributed by atoms with Crippen molar-refractivity contribution < 1.29 is 13.2 Å². The standard InChI is InChI=1S/C19H22Cl2N4O3S/c20-14-11-17(21)19(24-12-14)23-10-9-22-18(26)8-3-13-1-6-16(7-2-13)29(27,28)25-15-4-5-15/h1-2,6-7,11-12,15,25H,3-5,8-10H2,(H,22,26)(H,23,24). The lowest BCUT2D eigenvalue weighted by Gasteiger charge is -2.09. The molecule has 1 heterocycles. The average molecular weight is 457 g/mol. The van der Waals surface area contributed by atoms with E-state index in [4.69, 9.17) is 23.2 Å². The van der Waals surface area contributed by atoms with Gasteiger partial charge in [0.2, 0.25) is 15.9 Å². The van der Waals surface area contributed by atoms with Crippen LogP contribution in [0.4, 0.5) is 5.82 Å². The van der Waals surface area contributed by atoms with E-state index in [0.29, 0.717) is 41.8 Å². The van der Waals surface area contributed by atoms with Crippen LogP contribution in [0.15, 0.2) is 41.4 Å². The largest absolute Gasteiger partial charge is 0.367 e. The molecule has 1 saturated carbocycles. The average Bonchev–Trinajstić information content (AvgIpc) is 3.48. The quantitative estimate of drug-likeness (QED) is 0.477. The summed E-state index contributed by atoms with van der Waals surface area (Å²) in [5.74, 6) is 0.422. The van der Waals surface area contributed by atoms with Crippen LogP contribution in [-0.4, -0.2) is 38.4 Å². The molecule has 2 aromatic rings. The molecule has 1 aliphatic carbocycles. The van der Waals surface area contributed by atoms with Gasteiger partial charge in [0.1, 0.15) is 5.82 Å². The predicted octanol–water partition coefficient (Wildman–Crippen LogP) is 2.99. The van der Waals surface area contributed by atoms with Gasteiger partial charge >= 0.3 is 0 Å². The van der Waals surface area contributed by atoms with E-state index in [1.807, 2.05) is 0 Å². The van der Waals surface area contributed by atoms with E-state index in [1.165, 1.54) is 6.20 Å². The summed E-state index contributed by atoms with van der Waals surface area (Å²) in [7, 11) is -3.45. The van der Waals surface area contributed by atoms with E-state index in [-0.39, 0.29) is 16.8 Å². The maximum atomic E-state index is 12.1. The number of nitrogens with one attached hydrogen (secondary N) is 3. The molecule has 0 bridgehead atoms. The molecule has 3 N–H and O–H groups in total. The lowest BCUT2D eigenvalue weighted by atomic mass is 10.1. The number of amides is 1. The summed E-state index contributed by atoms with van der Waals surface area (Å²) in [4.78, 5) is 16.3. The molecular weight excluding hydrogens is 435 g/mol. The van der Waals surface area contributed by atoms with Crippen LogP contribution in [-0.2, 0) is 21.2 Å². The second-order valence-corrected chi connectivity index (χ2v) is 9.36. The smallest absolute Gasteiger partial charge is 0.240 e. The second-order valence-electron chi connectivity index (χ2n) is 6.80. The number of carbonyl (C=O) groups is 1. The minimum atomic E-state index is -3.45. The summed E-state index contributed by atoms with van der Waals surface area (Å²) in [6.07, 6.45) is 4.12. The molecule has 1 aromatic carbocycles. The van der Waals surface area contributed by atoms with Crippen molar-refractivity contribution in [3.63, 3.8) is 0 Å². The number of aryl methyl sites for hydroxylation is 1. The first-order chi connectivity index (χ1) is 13.8. The number of halogens is 2. The van der Waals surface area contributed by atoms with E-state index in [2.05, 4.69) is 20.3 Å². The summed E-state index contributed by atoms with van der Waals surface area (Å²) in [6, 6.07) is 8.30. The molecule has 0 spiro atoms. The molecule has 7 nitrogen and oxygen atoms in total. The number of hydrogen-bond donors (Lipinski definition) is 3. The van der Waals surface area contributed by atoms with E-state index in [1.54, 1.807) is 30.3 Å². The molecule has 0 unspecified atom stereocenters. The van der Waals surface area contributed by atoms with Crippen LogP contribution < -0.4 is 15.4 Å². The third-order valence-electron chi connectivity index (χ3n) is 4.32. The van der Waals surface area contributed by atoms with Gasteiger partial charge < -0.3 is 10.6 Å². The van der Waals surface area contributed by atoms with Gasteiger partial charge in [-0.3, -0.25) is 4.79 Å². The molecule has 3 rings (SSSR count). The Morgan fingerprint density at radius 3 is 2.52 bits per heavy atom. The first-order valence-electron chi connectivity index (χ1n) is 9.26. The van der Waals surface area contributed by atoms with Gasteiger partial charge in [-0.1, -0.05) is 35.3 Å². The van der Waals surface area contributed by atoms with E-state index in [9.17, 15) is 13.2 Å². The molecule has 156 valence electrons. The van der Waals surface area contributed by atoms with E-state index in [0.717, 1.165) is 18.4 Å². The summed E-state index contributed by atoms with van der Waals surface area (Å²) in [6.45, 7) is 0.893. The highest BCUT2D eigenvalue weighted by molar-refractivity contribution is 7.89. The number of hydrogen-bond acceptors (Lipinski definition) is 5. The second kappa shape index (κ2) is 9.75. The zero-order valence-electron chi connectivity index (χ0n) is 15.6. The normalized spacial score (nSPS) is 13.9. The van der Waals surface area contributed by atoms with Crippen LogP contribution in [0, 0.1) is 0 Å². The Kier molecular flexibility index (Phi) is 7.34. The van der Waals surface area contributed by atoms with Crippen molar-refractivity contribution in [3.8, 4) is 0 Å². The molecule has 0 saturated heterocycles. The zero-order chi connectivity index (χ0) is 20.9. The van der Waals surface area contributed by atoms with Gasteiger partial charge in [-0.25, -0.2) is 18.1 Å². The van der Waals surface area contributed by atoms with Gasteiger partial charge in [0, 0.05) is 31.7 Å². The van der Waals surface area contributed by atoms with Crippen molar-refractivity contribution >= 4 is 45.0 Å². The molecule has 1 aliphatic rings. The fourth-order valence-electron chi connectivity index (χ4n) is 2.60. The van der Waals surface area contributed by atoms with Crippen molar-refractivity contribution in [1.29, 1.82) is 0 Å². The van der Waals surface area contributed by atoms with Gasteiger partial charge in [0.15, 0.2) is 0 Å². The molecule has 1 amide bonds. The lowest BCUT2D eigenvalue weighted by Crippen LogP contribution is -2.29. The van der Waals surface area contributed by atoms with Gasteiger partial charge in [-0.15, -0.1) is 0 Å². The topological polar surface area (TPSA) is 100 Å². The van der Waals surface area contributed by atoms with Crippen molar-refractivity contribution in [2.75, 3.05) is 18.4 Å². The Balaban J connectivity index is 1.37. The Hall–Kier alpha value is -1.87. The minimum absolute atomic E-state index is 0.0735. The third-order valence-corrected chi connectivity index (χ3v) is 6.35. The molecule has 0 aliphatic heterocycles. The Labute approximate surface area is 180 Å². The molecule has 29 heavy (non-hydrogen) atoms. The molecule has 1 aromatic heterocycles. The number of pyridine rings is 1. The number of benzene rings is 1. The van der Waals surface area contributed by atoms with Gasteiger partial charge in [0.25, 0.3) is 0 Å². The summed E-state index contributed by atoms with van der Waals surface area (Å²) in [5, 5.41) is 6.72. The van der Waals surface area contributed by atoms with Gasteiger partial charge in [-0.2, -0.15) is 0 Å². The number of carbonyl (C=O) groups excluding carboxylic acids is 1. The first kappa shape index (κ1) is 21.8. The highest BCUT2D eigenvalue weighted by Gasteiger charge is 2.27. The molecule has 10 heteroatoms. The molecular formula is C19H22Cl2N4O3S. The van der Waals surface area contributed by atoms with Crippen molar-refractivity contribution in [1.82, 2.24) is 15.0 Å². The van der Waals surface area contributed by atoms with E-state index < -0.39 is 10.0 Å². The predicted molar refractivity (Wildman–Crippen MR) is 114 cm³/mol. The maximum Gasteiger partial charge on any atom is 0.240 e. The highest BCUT2D eigenvalue weighted by atomic mass is 35.5. The van der Waals surface area contributed by atoms with Crippen molar-refractivity contribution in [3.05, 3.63) is 52.1 Å². The monoisotopic (exact) mass is 456 g/mol. The number of sulfonamides is 1. The molecule has 1 fully saturated rings. The van der Waals surface area contributed by atoms with Crippen molar-refractivity contribution in [2.45, 2.75) is 36.6 Å². The third kappa shape index (κ3) is 6.85. The lowest BCUT2D eigenvalue weighted by molar-refractivity contribution is -0.120. The van der Waals surface area contributed by atoms with Gasteiger partial charge in [0.05, 0.1) is 14.9 Å². The number of rotatable bonds is 10. The summed E-state index contributed by atoms with van der Waals surface area (Å²) < 4.78 is 26.9. The summed E-state index contributed by atoms with van der Waals surface area (Å²) in [5.41, 5.74) is 0.904. The van der Waals surface area contributed by atoms with Crippen LogP contribution in [0.5, 0.6) is 0 Å². The summed E-state index contributed by atoms with van der Waals surface area (Å²) >= 11 is 11.8. The first-order valence-corrected chi connectivity index (χ1v) is 11.5. The van der Waals surface area contributed by atoms with Gasteiger partial charge in [-0.05, 0) is 43.0 Å². The van der Waals surface area contributed by atoms with Crippen LogP contribution >= 0.6 is 23.2 Å². The fourth-order valence-corrected chi connectivity index (χ4v) is 4.35. The van der Waals surface area contributed by atoms with Crippen molar-refractivity contribution in [2.24, 2.45) is 0 Å². The van der Waals surface area contributed by atoms with Crippen LogP contribution in [0.2, 0.25) is 10.0 Å². The fraction of sp³-hybridized carbons (Fsp3) is 0.368. The van der Waals surface area contributed by atoms with Crippen LogP contribution in [0.3, 0.4) is 0 Å². The maximum absolute atomic E-state index is 12.1. The number of anilines is 1. The molecule has 0 radical (unpaired) electrons. The Bertz CT molecular complexity index is 964. The Morgan fingerprint density at radius 2 is 1.86 bits per heavy atom. The van der Waals surface area contributed by atoms with Crippen LogP contribution in [0.1, 0.15) is 24.8 Å².